The van der Waals surface area contributed by atoms with Gasteiger partial charge in [-0.2, -0.15) is 4.98 Å². The number of nitrogens with one attached hydrogen (secondary N) is 1. The molecule has 0 radical (unpaired) electrons. The first-order chi connectivity index (χ1) is 6.70. The van der Waals surface area contributed by atoms with Crippen molar-refractivity contribution in [1.82, 2.24) is 4.98 Å². The van der Waals surface area contributed by atoms with E-state index < -0.39 is 7.12 Å². The van der Waals surface area contributed by atoms with Gasteiger partial charge in [0, 0.05) is 7.05 Å². The molecular formula is C8H9BN2O3. The zero-order chi connectivity index (χ0) is 10.1. The van der Waals surface area contributed by atoms with Crippen LogP contribution in [0, 0.1) is 0 Å². The molecule has 0 aliphatic heterocycles. The van der Waals surface area contributed by atoms with E-state index in [-0.39, 0.29) is 0 Å². The Morgan fingerprint density at radius 2 is 2.21 bits per heavy atom. The van der Waals surface area contributed by atoms with Crippen LogP contribution in [0.4, 0.5) is 6.01 Å². The Morgan fingerprint density at radius 1 is 1.43 bits per heavy atom. The average Bonchev–Trinajstić information content (AvgIpc) is 2.58. The lowest BCUT2D eigenvalue weighted by atomic mass is 9.80. The Balaban J connectivity index is 2.54. The van der Waals surface area contributed by atoms with Gasteiger partial charge < -0.3 is 19.8 Å². The predicted molar refractivity (Wildman–Crippen MR) is 53.4 cm³/mol. The lowest BCUT2D eigenvalue weighted by Crippen LogP contribution is -2.29. The van der Waals surface area contributed by atoms with E-state index in [1.807, 2.05) is 0 Å². The Hall–Kier alpha value is -1.53. The van der Waals surface area contributed by atoms with E-state index in [1.165, 1.54) is 0 Å². The lowest BCUT2D eigenvalue weighted by Gasteiger charge is -1.96. The standard InChI is InChI=1S/C8H9BN2O3/c1-10-8-11-6-4-5(9(12)13)2-3-7(6)14-8/h2-4,12-13H,1H3,(H,10,11). The van der Waals surface area contributed by atoms with E-state index in [1.54, 1.807) is 25.2 Å². The summed E-state index contributed by atoms with van der Waals surface area (Å²) < 4.78 is 5.27. The summed E-state index contributed by atoms with van der Waals surface area (Å²) in [4.78, 5) is 4.07. The van der Waals surface area contributed by atoms with Crippen LogP contribution in [-0.2, 0) is 0 Å². The number of nitrogens with zero attached hydrogens (tertiary/aromatic N) is 1. The second kappa shape index (κ2) is 3.32. The first-order valence-electron chi connectivity index (χ1n) is 4.15. The number of hydrogen-bond donors (Lipinski definition) is 3. The maximum atomic E-state index is 8.93. The van der Waals surface area contributed by atoms with Crippen molar-refractivity contribution in [2.24, 2.45) is 0 Å². The van der Waals surface area contributed by atoms with Gasteiger partial charge in [-0.05, 0) is 17.6 Å². The lowest BCUT2D eigenvalue weighted by molar-refractivity contribution is 0.426. The molecule has 6 heteroatoms. The van der Waals surface area contributed by atoms with Gasteiger partial charge in [-0.1, -0.05) is 6.07 Å². The quantitative estimate of drug-likeness (QED) is 0.561. The zero-order valence-electron chi connectivity index (χ0n) is 7.56. The van der Waals surface area contributed by atoms with E-state index in [9.17, 15) is 0 Å². The third-order valence-corrected chi connectivity index (χ3v) is 1.92. The number of oxazole rings is 1. The monoisotopic (exact) mass is 192 g/mol. The SMILES string of the molecule is CNc1nc2cc(B(O)O)ccc2o1. The van der Waals surface area contributed by atoms with Gasteiger partial charge in [0.15, 0.2) is 5.58 Å². The fraction of sp³-hybridized carbons (Fsp3) is 0.125. The summed E-state index contributed by atoms with van der Waals surface area (Å²) in [6.45, 7) is 0. The fourth-order valence-corrected chi connectivity index (χ4v) is 1.21. The smallest absolute Gasteiger partial charge is 0.424 e. The first kappa shape index (κ1) is 9.05. The summed E-state index contributed by atoms with van der Waals surface area (Å²) in [6.07, 6.45) is 0. The van der Waals surface area contributed by atoms with Crippen LogP contribution in [0.1, 0.15) is 0 Å². The largest absolute Gasteiger partial charge is 0.488 e. The van der Waals surface area contributed by atoms with Crippen molar-refractivity contribution in [3.8, 4) is 0 Å². The first-order valence-corrected chi connectivity index (χ1v) is 4.15. The van der Waals surface area contributed by atoms with E-state index in [0.717, 1.165) is 0 Å². The Kier molecular flexibility index (Phi) is 2.15. The number of anilines is 1. The molecule has 1 heterocycles. The molecule has 3 N–H and O–H groups in total. The molecule has 0 aliphatic carbocycles. The molecule has 0 saturated carbocycles. The molecule has 1 aromatic carbocycles. The van der Waals surface area contributed by atoms with Crippen molar-refractivity contribution in [3.05, 3.63) is 18.2 Å². The molecular weight excluding hydrogens is 183 g/mol. The van der Waals surface area contributed by atoms with Gasteiger partial charge in [-0.3, -0.25) is 0 Å². The van der Waals surface area contributed by atoms with Crippen LogP contribution in [0.2, 0.25) is 0 Å². The minimum Gasteiger partial charge on any atom is -0.424 e. The number of fused-ring (bicyclic) bond motifs is 1. The summed E-state index contributed by atoms with van der Waals surface area (Å²) in [7, 11) is 0.223. The molecule has 0 amide bonds. The minimum atomic E-state index is -1.48. The summed E-state index contributed by atoms with van der Waals surface area (Å²) in [5.74, 6) is 0. The molecule has 0 fully saturated rings. The molecule has 0 atom stereocenters. The third-order valence-electron chi connectivity index (χ3n) is 1.92. The highest BCUT2D eigenvalue weighted by Gasteiger charge is 2.13. The second-order valence-electron chi connectivity index (χ2n) is 2.87. The maximum Gasteiger partial charge on any atom is 0.488 e. The molecule has 0 unspecified atom stereocenters. The molecule has 1 aromatic heterocycles. The van der Waals surface area contributed by atoms with Gasteiger partial charge in [0.2, 0.25) is 0 Å². The Bertz CT molecular complexity index is 455. The Labute approximate surface area is 80.5 Å². The van der Waals surface area contributed by atoms with Crippen LogP contribution in [0.5, 0.6) is 0 Å². The van der Waals surface area contributed by atoms with Gasteiger partial charge in [-0.15, -0.1) is 0 Å². The van der Waals surface area contributed by atoms with Crippen LogP contribution in [0.25, 0.3) is 11.1 Å². The van der Waals surface area contributed by atoms with Crippen molar-refractivity contribution in [1.29, 1.82) is 0 Å². The fourth-order valence-electron chi connectivity index (χ4n) is 1.21. The summed E-state index contributed by atoms with van der Waals surface area (Å²) in [5.41, 5.74) is 1.60. The summed E-state index contributed by atoms with van der Waals surface area (Å²) in [6, 6.07) is 5.21. The highest BCUT2D eigenvalue weighted by atomic mass is 16.4. The highest BCUT2D eigenvalue weighted by Crippen LogP contribution is 2.16. The highest BCUT2D eigenvalue weighted by molar-refractivity contribution is 6.58. The van der Waals surface area contributed by atoms with Crippen molar-refractivity contribution in [2.75, 3.05) is 12.4 Å². The molecule has 0 bridgehead atoms. The van der Waals surface area contributed by atoms with Gasteiger partial charge in [0.1, 0.15) is 5.52 Å². The maximum absolute atomic E-state index is 8.93. The van der Waals surface area contributed by atoms with E-state index >= 15 is 0 Å². The second-order valence-corrected chi connectivity index (χ2v) is 2.87. The van der Waals surface area contributed by atoms with Crippen LogP contribution >= 0.6 is 0 Å². The molecule has 2 rings (SSSR count). The van der Waals surface area contributed by atoms with E-state index in [2.05, 4.69) is 10.3 Å². The number of benzene rings is 1. The number of aromatic nitrogens is 1. The minimum absolute atomic E-state index is 0.397. The van der Waals surface area contributed by atoms with E-state index in [0.29, 0.717) is 22.6 Å². The molecule has 5 nitrogen and oxygen atoms in total. The van der Waals surface area contributed by atoms with Gasteiger partial charge >= 0.3 is 7.12 Å². The van der Waals surface area contributed by atoms with Crippen molar-refractivity contribution < 1.29 is 14.5 Å². The zero-order valence-corrected chi connectivity index (χ0v) is 7.56. The summed E-state index contributed by atoms with van der Waals surface area (Å²) in [5, 5.41) is 20.6. The predicted octanol–water partition coefficient (Wildman–Crippen LogP) is -0.451. The van der Waals surface area contributed by atoms with Crippen LogP contribution < -0.4 is 10.8 Å². The van der Waals surface area contributed by atoms with Crippen LogP contribution in [0.3, 0.4) is 0 Å². The van der Waals surface area contributed by atoms with Gasteiger partial charge in [-0.25, -0.2) is 0 Å². The average molecular weight is 192 g/mol. The molecule has 0 saturated heterocycles. The van der Waals surface area contributed by atoms with Crippen molar-refractivity contribution in [3.63, 3.8) is 0 Å². The molecule has 2 aromatic rings. The van der Waals surface area contributed by atoms with Crippen LogP contribution in [-0.4, -0.2) is 29.2 Å². The third kappa shape index (κ3) is 1.45. The van der Waals surface area contributed by atoms with Crippen molar-refractivity contribution >= 4 is 29.7 Å². The van der Waals surface area contributed by atoms with Crippen molar-refractivity contribution in [2.45, 2.75) is 0 Å². The molecule has 0 spiro atoms. The van der Waals surface area contributed by atoms with Gasteiger partial charge in [0.05, 0.1) is 0 Å². The summed E-state index contributed by atoms with van der Waals surface area (Å²) >= 11 is 0. The van der Waals surface area contributed by atoms with Crippen LogP contribution in [0.15, 0.2) is 22.6 Å². The molecule has 72 valence electrons. The van der Waals surface area contributed by atoms with Gasteiger partial charge in [0.25, 0.3) is 6.01 Å². The number of rotatable bonds is 2. The normalized spacial score (nSPS) is 10.5. The van der Waals surface area contributed by atoms with E-state index in [4.69, 9.17) is 14.5 Å². The topological polar surface area (TPSA) is 78.5 Å². The number of hydrogen-bond acceptors (Lipinski definition) is 5. The molecule has 0 aliphatic rings. The Morgan fingerprint density at radius 3 is 2.86 bits per heavy atom. The molecule has 14 heavy (non-hydrogen) atoms.